The van der Waals surface area contributed by atoms with Gasteiger partial charge >= 0.3 is 0 Å². The molecule has 3 N–H and O–H groups in total. The first-order chi connectivity index (χ1) is 9.35. The average Bonchev–Trinajstić information content (AvgIpc) is 2.37. The summed E-state index contributed by atoms with van der Waals surface area (Å²) in [6.45, 7) is 6.04. The summed E-state index contributed by atoms with van der Waals surface area (Å²) < 4.78 is 6.05. The lowest BCUT2D eigenvalue weighted by molar-refractivity contribution is -0.123. The first-order valence-corrected chi connectivity index (χ1v) is 7.53. The molecule has 4 nitrogen and oxygen atoms in total. The van der Waals surface area contributed by atoms with Gasteiger partial charge in [0.25, 0.3) is 0 Å². The third-order valence-corrected chi connectivity index (χ3v) is 3.72. The monoisotopic (exact) mass is 342 g/mol. The minimum Gasteiger partial charge on any atom is -0.496 e. The molecule has 0 fully saturated rings. The number of methoxy groups -OCH3 is 1. The molecular weight excluding hydrogens is 320 g/mol. The lowest BCUT2D eigenvalue weighted by Crippen LogP contribution is -2.42. The molecule has 1 amide bonds. The summed E-state index contributed by atoms with van der Waals surface area (Å²) in [6.07, 6.45) is 0.685. The van der Waals surface area contributed by atoms with Gasteiger partial charge in [-0.05, 0) is 52.9 Å². The molecule has 0 saturated heterocycles. The van der Waals surface area contributed by atoms with E-state index < -0.39 is 6.04 Å². The minimum absolute atomic E-state index is 0.0945. The molecule has 0 heterocycles. The predicted octanol–water partition coefficient (Wildman–Crippen LogP) is 3.01. The van der Waals surface area contributed by atoms with Gasteiger partial charge < -0.3 is 15.8 Å². The van der Waals surface area contributed by atoms with Gasteiger partial charge in [0.2, 0.25) is 5.91 Å². The highest BCUT2D eigenvalue weighted by Gasteiger charge is 2.18. The van der Waals surface area contributed by atoms with Gasteiger partial charge in [-0.3, -0.25) is 4.79 Å². The van der Waals surface area contributed by atoms with Crippen LogP contribution in [0.25, 0.3) is 0 Å². The Morgan fingerprint density at radius 2 is 2.05 bits per heavy atom. The molecule has 0 aliphatic heterocycles. The molecule has 5 heteroatoms. The second-order valence-electron chi connectivity index (χ2n) is 5.36. The Balaban J connectivity index is 2.68. The highest BCUT2D eigenvalue weighted by molar-refractivity contribution is 9.10. The Labute approximate surface area is 129 Å². The van der Waals surface area contributed by atoms with Crippen molar-refractivity contribution in [1.82, 2.24) is 5.32 Å². The molecule has 0 aliphatic rings. The zero-order valence-corrected chi connectivity index (χ0v) is 14.0. The van der Waals surface area contributed by atoms with Crippen LogP contribution in [0.1, 0.15) is 38.8 Å². The van der Waals surface area contributed by atoms with E-state index in [2.05, 4.69) is 35.1 Å². The van der Waals surface area contributed by atoms with Crippen LogP contribution < -0.4 is 15.8 Å². The highest BCUT2D eigenvalue weighted by Crippen LogP contribution is 2.28. The quantitative estimate of drug-likeness (QED) is 0.835. The molecular formula is C15H23BrN2O2. The van der Waals surface area contributed by atoms with Gasteiger partial charge in [0.05, 0.1) is 23.7 Å². The molecule has 0 bridgehead atoms. The lowest BCUT2D eigenvalue weighted by atomic mass is 10.0. The van der Waals surface area contributed by atoms with Crippen LogP contribution >= 0.6 is 15.9 Å². The van der Waals surface area contributed by atoms with Crippen LogP contribution in [0.3, 0.4) is 0 Å². The molecule has 0 aromatic heterocycles. The molecule has 1 unspecified atom stereocenters. The first kappa shape index (κ1) is 17.0. The largest absolute Gasteiger partial charge is 0.496 e. The Morgan fingerprint density at radius 1 is 1.40 bits per heavy atom. The molecule has 0 spiro atoms. The molecule has 0 aliphatic carbocycles. The summed E-state index contributed by atoms with van der Waals surface area (Å²) in [7, 11) is 1.62. The van der Waals surface area contributed by atoms with Gasteiger partial charge in [-0.15, -0.1) is 0 Å². The van der Waals surface area contributed by atoms with Crippen LogP contribution in [0, 0.1) is 5.92 Å². The van der Waals surface area contributed by atoms with E-state index in [0.29, 0.717) is 12.3 Å². The van der Waals surface area contributed by atoms with Crippen molar-refractivity contribution in [3.05, 3.63) is 28.2 Å². The molecule has 1 rings (SSSR count). The van der Waals surface area contributed by atoms with E-state index in [1.165, 1.54) is 0 Å². The van der Waals surface area contributed by atoms with Crippen molar-refractivity contribution in [2.75, 3.05) is 7.11 Å². The summed E-state index contributed by atoms with van der Waals surface area (Å²) in [5.41, 5.74) is 6.88. The number of carbonyl (C=O) groups is 1. The van der Waals surface area contributed by atoms with E-state index >= 15 is 0 Å². The fourth-order valence-corrected chi connectivity index (χ4v) is 2.53. The summed E-state index contributed by atoms with van der Waals surface area (Å²) in [5, 5.41) is 2.94. The third-order valence-electron chi connectivity index (χ3n) is 3.10. The zero-order chi connectivity index (χ0) is 15.3. The van der Waals surface area contributed by atoms with Crippen molar-refractivity contribution >= 4 is 21.8 Å². The molecule has 20 heavy (non-hydrogen) atoms. The number of rotatable bonds is 6. The fraction of sp³-hybridized carbons (Fsp3) is 0.533. The molecule has 1 aromatic carbocycles. The third kappa shape index (κ3) is 4.80. The molecule has 0 saturated carbocycles. The number of hydrogen-bond donors (Lipinski definition) is 2. The van der Waals surface area contributed by atoms with Crippen LogP contribution in [0.2, 0.25) is 0 Å². The van der Waals surface area contributed by atoms with E-state index in [4.69, 9.17) is 10.5 Å². The number of nitrogens with one attached hydrogen (secondary N) is 1. The van der Waals surface area contributed by atoms with Crippen LogP contribution in [0.5, 0.6) is 5.75 Å². The number of amides is 1. The Morgan fingerprint density at radius 3 is 2.55 bits per heavy atom. The maximum Gasteiger partial charge on any atom is 0.237 e. The van der Waals surface area contributed by atoms with Crippen molar-refractivity contribution < 1.29 is 9.53 Å². The zero-order valence-electron chi connectivity index (χ0n) is 12.4. The number of benzene rings is 1. The predicted molar refractivity (Wildman–Crippen MR) is 84.7 cm³/mol. The standard InChI is InChI=1S/C15H23BrN2O2/c1-9(2)7-13(17)15(19)18-10(3)11-5-6-14(20-4)12(16)8-11/h5-6,8-10,13H,7,17H2,1-4H3,(H,18,19)/t10?,13-/m0/s1. The van der Waals surface area contributed by atoms with E-state index in [1.807, 2.05) is 25.1 Å². The Kier molecular flexibility index (Phi) is 6.49. The first-order valence-electron chi connectivity index (χ1n) is 6.74. The second-order valence-corrected chi connectivity index (χ2v) is 6.21. The summed E-state index contributed by atoms with van der Waals surface area (Å²) >= 11 is 3.44. The number of halogens is 1. The number of carbonyl (C=O) groups excluding carboxylic acids is 1. The van der Waals surface area contributed by atoms with E-state index in [9.17, 15) is 4.79 Å². The van der Waals surface area contributed by atoms with Gasteiger partial charge in [-0.2, -0.15) is 0 Å². The molecule has 0 radical (unpaired) electrons. The normalized spacial score (nSPS) is 13.9. The summed E-state index contributed by atoms with van der Waals surface area (Å²) in [6, 6.07) is 5.19. The van der Waals surface area contributed by atoms with Crippen LogP contribution in [-0.2, 0) is 4.79 Å². The van der Waals surface area contributed by atoms with Crippen molar-refractivity contribution in [2.45, 2.75) is 39.3 Å². The molecule has 2 atom stereocenters. The number of ether oxygens (including phenoxy) is 1. The van der Waals surface area contributed by atoms with Crippen molar-refractivity contribution in [3.63, 3.8) is 0 Å². The van der Waals surface area contributed by atoms with E-state index in [0.717, 1.165) is 15.8 Å². The SMILES string of the molecule is COc1ccc(C(C)NC(=O)[C@@H](N)CC(C)C)cc1Br. The van der Waals surface area contributed by atoms with E-state index in [1.54, 1.807) is 7.11 Å². The summed E-state index contributed by atoms with van der Waals surface area (Å²) in [4.78, 5) is 12.0. The maximum atomic E-state index is 12.0. The summed E-state index contributed by atoms with van der Waals surface area (Å²) in [5.74, 6) is 1.06. The van der Waals surface area contributed by atoms with E-state index in [-0.39, 0.29) is 11.9 Å². The second kappa shape index (κ2) is 7.64. The van der Waals surface area contributed by atoms with Crippen molar-refractivity contribution in [3.8, 4) is 5.75 Å². The van der Waals surface area contributed by atoms with Crippen LogP contribution in [-0.4, -0.2) is 19.1 Å². The van der Waals surface area contributed by atoms with Gasteiger partial charge in [-0.25, -0.2) is 0 Å². The Bertz CT molecular complexity index is 463. The minimum atomic E-state index is -0.459. The molecule has 1 aromatic rings. The number of hydrogen-bond acceptors (Lipinski definition) is 3. The van der Waals surface area contributed by atoms with Crippen LogP contribution in [0.15, 0.2) is 22.7 Å². The average molecular weight is 343 g/mol. The van der Waals surface area contributed by atoms with Crippen LogP contribution in [0.4, 0.5) is 0 Å². The van der Waals surface area contributed by atoms with Crippen molar-refractivity contribution in [1.29, 1.82) is 0 Å². The molecule has 112 valence electrons. The fourth-order valence-electron chi connectivity index (χ4n) is 1.97. The van der Waals surface area contributed by atoms with Gasteiger partial charge in [0.1, 0.15) is 5.75 Å². The maximum absolute atomic E-state index is 12.0. The number of nitrogens with two attached hydrogens (primary N) is 1. The topological polar surface area (TPSA) is 64.3 Å². The lowest BCUT2D eigenvalue weighted by Gasteiger charge is -2.19. The van der Waals surface area contributed by atoms with Crippen molar-refractivity contribution in [2.24, 2.45) is 11.7 Å². The van der Waals surface area contributed by atoms with Gasteiger partial charge in [-0.1, -0.05) is 19.9 Å². The highest BCUT2D eigenvalue weighted by atomic mass is 79.9. The smallest absolute Gasteiger partial charge is 0.237 e. The Hall–Kier alpha value is -1.07. The van der Waals surface area contributed by atoms with Gasteiger partial charge in [0, 0.05) is 0 Å². The van der Waals surface area contributed by atoms with Gasteiger partial charge in [0.15, 0.2) is 0 Å².